The monoisotopic (exact) mass is 391 g/mol. The lowest BCUT2D eigenvalue weighted by Crippen LogP contribution is -2.51. The molecule has 1 aliphatic heterocycles. The van der Waals surface area contributed by atoms with Gasteiger partial charge in [0.2, 0.25) is 5.91 Å². The average Bonchev–Trinajstić information content (AvgIpc) is 2.94. The number of carbonyl (C=O) groups is 1. The molecular weight excluding hydrogens is 370 g/mol. The minimum absolute atomic E-state index is 0.171. The molecule has 1 aromatic heterocycles. The van der Waals surface area contributed by atoms with Gasteiger partial charge in [0.15, 0.2) is 11.7 Å². The first-order valence-electron chi connectivity index (χ1n) is 8.26. The second kappa shape index (κ2) is 7.49. The average molecular weight is 392 g/mol. The van der Waals surface area contributed by atoms with E-state index in [1.54, 1.807) is 0 Å². The van der Waals surface area contributed by atoms with Crippen molar-refractivity contribution in [3.8, 4) is 11.3 Å². The number of nitrogens with zero attached hydrogens (tertiary/aromatic N) is 2. The molecule has 6 heteroatoms. The Morgan fingerprint density at radius 1 is 1.42 bits per heavy atom. The molecule has 0 saturated carbocycles. The summed E-state index contributed by atoms with van der Waals surface area (Å²) in [6, 6.07) is 8.30. The zero-order valence-corrected chi connectivity index (χ0v) is 15.6. The van der Waals surface area contributed by atoms with E-state index < -0.39 is 0 Å². The number of rotatable bonds is 4. The molecule has 1 saturated heterocycles. The Balaban J connectivity index is 1.63. The lowest BCUT2D eigenvalue weighted by Gasteiger charge is -2.31. The zero-order valence-electron chi connectivity index (χ0n) is 14.0. The minimum atomic E-state index is 0.171. The summed E-state index contributed by atoms with van der Waals surface area (Å²) < 4.78 is 6.92. The Bertz CT molecular complexity index is 712. The van der Waals surface area contributed by atoms with Crippen LogP contribution in [0, 0.1) is 6.92 Å². The highest BCUT2D eigenvalue weighted by molar-refractivity contribution is 9.10. The fraction of sp³-hybridized carbons (Fsp3) is 0.444. The third-order valence-electron chi connectivity index (χ3n) is 4.22. The summed E-state index contributed by atoms with van der Waals surface area (Å²) >= 11 is 3.43. The maximum absolute atomic E-state index is 12.3. The van der Waals surface area contributed by atoms with Gasteiger partial charge in [-0.3, -0.25) is 4.79 Å². The van der Waals surface area contributed by atoms with Crippen molar-refractivity contribution in [2.75, 3.05) is 19.6 Å². The lowest BCUT2D eigenvalue weighted by molar-refractivity contribution is -0.132. The number of piperazine rings is 1. The second-order valence-corrected chi connectivity index (χ2v) is 7.14. The number of halogens is 1. The maximum atomic E-state index is 12.3. The molecule has 1 fully saturated rings. The summed E-state index contributed by atoms with van der Waals surface area (Å²) in [5.74, 6) is 1.58. The van der Waals surface area contributed by atoms with Crippen LogP contribution in [0.4, 0.5) is 0 Å². The van der Waals surface area contributed by atoms with E-state index in [-0.39, 0.29) is 5.91 Å². The van der Waals surface area contributed by atoms with Gasteiger partial charge in [-0.15, -0.1) is 0 Å². The highest BCUT2D eigenvalue weighted by Gasteiger charge is 2.21. The van der Waals surface area contributed by atoms with Gasteiger partial charge in [-0.05, 0) is 26.0 Å². The van der Waals surface area contributed by atoms with Gasteiger partial charge >= 0.3 is 0 Å². The number of oxazole rings is 1. The van der Waals surface area contributed by atoms with Crippen molar-refractivity contribution in [2.24, 2.45) is 0 Å². The lowest BCUT2D eigenvalue weighted by atomic mass is 10.1. The van der Waals surface area contributed by atoms with E-state index in [0.717, 1.165) is 41.1 Å². The van der Waals surface area contributed by atoms with E-state index in [2.05, 4.69) is 33.2 Å². The zero-order chi connectivity index (χ0) is 17.1. The normalized spacial score (nSPS) is 18.0. The Hall–Kier alpha value is -1.66. The van der Waals surface area contributed by atoms with Gasteiger partial charge in [0.25, 0.3) is 0 Å². The van der Waals surface area contributed by atoms with Crippen molar-refractivity contribution >= 4 is 21.8 Å². The number of nitrogens with one attached hydrogen (secondary N) is 1. The smallest absolute Gasteiger partial charge is 0.223 e. The second-order valence-electron chi connectivity index (χ2n) is 6.22. The fourth-order valence-corrected chi connectivity index (χ4v) is 3.22. The molecule has 1 aliphatic rings. The molecule has 1 amide bonds. The van der Waals surface area contributed by atoms with Gasteiger partial charge in [0.05, 0.1) is 5.69 Å². The van der Waals surface area contributed by atoms with E-state index >= 15 is 0 Å². The first kappa shape index (κ1) is 17.2. The van der Waals surface area contributed by atoms with Crippen LogP contribution in [0.5, 0.6) is 0 Å². The molecule has 2 heterocycles. The van der Waals surface area contributed by atoms with Crippen LogP contribution in [0.3, 0.4) is 0 Å². The molecule has 0 unspecified atom stereocenters. The van der Waals surface area contributed by atoms with Crippen molar-refractivity contribution in [1.82, 2.24) is 15.2 Å². The van der Waals surface area contributed by atoms with Crippen molar-refractivity contribution < 1.29 is 9.21 Å². The van der Waals surface area contributed by atoms with Crippen molar-refractivity contribution in [1.29, 1.82) is 0 Å². The maximum Gasteiger partial charge on any atom is 0.223 e. The van der Waals surface area contributed by atoms with Crippen molar-refractivity contribution in [3.05, 3.63) is 40.3 Å². The molecule has 3 rings (SSSR count). The van der Waals surface area contributed by atoms with Crippen LogP contribution in [0.25, 0.3) is 11.3 Å². The number of amides is 1. The Kier molecular flexibility index (Phi) is 5.36. The van der Waals surface area contributed by atoms with Gasteiger partial charge in [-0.25, -0.2) is 4.98 Å². The Labute approximate surface area is 150 Å². The summed E-state index contributed by atoms with van der Waals surface area (Å²) in [5.41, 5.74) is 1.85. The summed E-state index contributed by atoms with van der Waals surface area (Å²) in [6.07, 6.45) is 0.973. The molecule has 0 aliphatic carbocycles. The van der Waals surface area contributed by atoms with Crippen LogP contribution in [0.15, 0.2) is 33.2 Å². The molecule has 1 aromatic carbocycles. The molecule has 1 atom stereocenters. The third-order valence-corrected chi connectivity index (χ3v) is 4.75. The van der Waals surface area contributed by atoms with Gasteiger partial charge in [0.1, 0.15) is 0 Å². The predicted molar refractivity (Wildman–Crippen MR) is 96.7 cm³/mol. The first-order valence-corrected chi connectivity index (χ1v) is 9.05. The fourth-order valence-electron chi connectivity index (χ4n) is 2.96. The van der Waals surface area contributed by atoms with E-state index in [0.29, 0.717) is 24.8 Å². The molecule has 5 nitrogen and oxygen atoms in total. The molecule has 0 radical (unpaired) electrons. The highest BCUT2D eigenvalue weighted by Crippen LogP contribution is 2.26. The summed E-state index contributed by atoms with van der Waals surface area (Å²) in [6.45, 7) is 6.44. The van der Waals surface area contributed by atoms with Crippen LogP contribution < -0.4 is 5.32 Å². The van der Waals surface area contributed by atoms with Gasteiger partial charge in [0, 0.05) is 48.6 Å². The molecule has 0 bridgehead atoms. The van der Waals surface area contributed by atoms with Crippen LogP contribution in [0.1, 0.15) is 24.9 Å². The number of aryl methyl sites for hydroxylation is 2. The molecule has 128 valence electrons. The number of aromatic nitrogens is 1. The number of carbonyl (C=O) groups excluding carboxylic acids is 1. The topological polar surface area (TPSA) is 58.4 Å². The number of benzene rings is 1. The third kappa shape index (κ3) is 4.05. The predicted octanol–water partition coefficient (Wildman–Crippen LogP) is 3.17. The molecular formula is C18H22BrN3O2. The highest BCUT2D eigenvalue weighted by atomic mass is 79.9. The molecule has 0 spiro atoms. The van der Waals surface area contributed by atoms with Gasteiger partial charge in [-0.2, -0.15) is 0 Å². The number of hydrogen-bond donors (Lipinski definition) is 1. The van der Waals surface area contributed by atoms with E-state index in [9.17, 15) is 4.79 Å². The SMILES string of the molecule is Cc1nc(CCC(=O)N2CCN[C@H](C)C2)oc1-c1ccc(Br)cc1. The standard InChI is InChI=1S/C18H22BrN3O2/c1-12-11-22(10-9-20-12)17(23)8-7-16-21-13(2)18(24-16)14-3-5-15(19)6-4-14/h3-6,12,20H,7-11H2,1-2H3/t12-/m1/s1. The summed E-state index contributed by atoms with van der Waals surface area (Å²) in [7, 11) is 0. The number of hydrogen-bond acceptors (Lipinski definition) is 4. The first-order chi connectivity index (χ1) is 11.5. The minimum Gasteiger partial charge on any atom is -0.440 e. The Morgan fingerprint density at radius 3 is 2.88 bits per heavy atom. The quantitative estimate of drug-likeness (QED) is 0.869. The van der Waals surface area contributed by atoms with Crippen LogP contribution in [-0.4, -0.2) is 41.5 Å². The van der Waals surface area contributed by atoms with Crippen LogP contribution in [0.2, 0.25) is 0 Å². The van der Waals surface area contributed by atoms with Crippen LogP contribution >= 0.6 is 15.9 Å². The van der Waals surface area contributed by atoms with Crippen molar-refractivity contribution in [2.45, 2.75) is 32.7 Å². The molecule has 24 heavy (non-hydrogen) atoms. The van der Waals surface area contributed by atoms with Crippen molar-refractivity contribution in [3.63, 3.8) is 0 Å². The van der Waals surface area contributed by atoms with Gasteiger partial charge in [-0.1, -0.05) is 28.1 Å². The largest absolute Gasteiger partial charge is 0.440 e. The van der Waals surface area contributed by atoms with Crippen LogP contribution in [-0.2, 0) is 11.2 Å². The molecule has 1 N–H and O–H groups in total. The summed E-state index contributed by atoms with van der Waals surface area (Å²) in [4.78, 5) is 18.7. The Morgan fingerprint density at radius 2 is 2.17 bits per heavy atom. The summed E-state index contributed by atoms with van der Waals surface area (Å²) in [5, 5.41) is 3.35. The molecule has 2 aromatic rings. The van der Waals surface area contributed by atoms with Gasteiger partial charge < -0.3 is 14.6 Å². The van der Waals surface area contributed by atoms with E-state index in [4.69, 9.17) is 4.42 Å². The van der Waals surface area contributed by atoms with E-state index in [1.807, 2.05) is 36.1 Å². The van der Waals surface area contributed by atoms with E-state index in [1.165, 1.54) is 0 Å².